The Morgan fingerprint density at radius 2 is 1.94 bits per heavy atom. The summed E-state index contributed by atoms with van der Waals surface area (Å²) in [6, 6.07) is 9.92. The first-order valence-electron chi connectivity index (χ1n) is 5.31. The zero-order chi connectivity index (χ0) is 12.5. The van der Waals surface area contributed by atoms with E-state index >= 15 is 0 Å². The average Bonchev–Trinajstić information content (AvgIpc) is 2.37. The summed E-state index contributed by atoms with van der Waals surface area (Å²) in [6.07, 6.45) is 2.17. The van der Waals surface area contributed by atoms with Crippen molar-refractivity contribution in [3.8, 4) is 0 Å². The van der Waals surface area contributed by atoms with Gasteiger partial charge in [0.05, 0.1) is 0 Å². The fourth-order valence-corrected chi connectivity index (χ4v) is 1.32. The molecule has 0 bridgehead atoms. The van der Waals surface area contributed by atoms with Crippen molar-refractivity contribution < 1.29 is 14.3 Å². The highest BCUT2D eigenvalue weighted by atomic mass is 16.7. The van der Waals surface area contributed by atoms with E-state index in [-0.39, 0.29) is 5.78 Å². The van der Waals surface area contributed by atoms with Crippen LogP contribution in [0.15, 0.2) is 42.6 Å². The molecule has 0 saturated carbocycles. The summed E-state index contributed by atoms with van der Waals surface area (Å²) >= 11 is 0. The number of carbonyl (C=O) groups is 1. The number of rotatable bonds is 7. The Labute approximate surface area is 101 Å². The number of benzene rings is 1. The average molecular weight is 235 g/mol. The lowest BCUT2D eigenvalue weighted by atomic mass is 10.2. The van der Waals surface area contributed by atoms with Gasteiger partial charge in [-0.15, -0.1) is 0 Å². The van der Waals surface area contributed by atoms with Crippen molar-refractivity contribution in [2.45, 2.75) is 12.8 Å². The number of hydrogen-bond donors (Lipinski definition) is 1. The van der Waals surface area contributed by atoms with Crippen LogP contribution in [0.3, 0.4) is 0 Å². The summed E-state index contributed by atoms with van der Waals surface area (Å²) in [7, 11) is 2.86. The van der Waals surface area contributed by atoms with Crippen molar-refractivity contribution in [3.05, 3.63) is 48.2 Å². The van der Waals surface area contributed by atoms with Crippen LogP contribution in [0.5, 0.6) is 0 Å². The summed E-state index contributed by atoms with van der Waals surface area (Å²) in [4.78, 5) is 11.4. The molecule has 17 heavy (non-hydrogen) atoms. The van der Waals surface area contributed by atoms with Gasteiger partial charge in [0.1, 0.15) is 0 Å². The Balaban J connectivity index is 2.33. The maximum atomic E-state index is 11.4. The molecule has 0 amide bonds. The van der Waals surface area contributed by atoms with Crippen molar-refractivity contribution in [2.24, 2.45) is 0 Å². The molecule has 92 valence electrons. The molecule has 0 aromatic heterocycles. The van der Waals surface area contributed by atoms with Crippen LogP contribution in [0.4, 0.5) is 0 Å². The Kier molecular flexibility index (Phi) is 5.99. The van der Waals surface area contributed by atoms with E-state index in [1.165, 1.54) is 20.3 Å². The van der Waals surface area contributed by atoms with E-state index < -0.39 is 6.29 Å². The van der Waals surface area contributed by atoms with E-state index in [1.54, 1.807) is 6.20 Å². The van der Waals surface area contributed by atoms with Crippen LogP contribution in [0, 0.1) is 0 Å². The van der Waals surface area contributed by atoms with Gasteiger partial charge in [-0.25, -0.2) is 0 Å². The van der Waals surface area contributed by atoms with Gasteiger partial charge in [0, 0.05) is 33.0 Å². The maximum absolute atomic E-state index is 11.4. The minimum atomic E-state index is -0.829. The third-order valence-corrected chi connectivity index (χ3v) is 2.17. The highest BCUT2D eigenvalue weighted by molar-refractivity contribution is 5.92. The van der Waals surface area contributed by atoms with Gasteiger partial charge in [-0.05, 0) is 5.56 Å². The summed E-state index contributed by atoms with van der Waals surface area (Å²) in [5, 5.41) is 3.02. The van der Waals surface area contributed by atoms with Gasteiger partial charge >= 0.3 is 0 Å². The molecule has 0 aliphatic rings. The van der Waals surface area contributed by atoms with Gasteiger partial charge in [-0.2, -0.15) is 0 Å². The molecule has 1 N–H and O–H groups in total. The molecule has 4 heteroatoms. The summed E-state index contributed by atoms with van der Waals surface area (Å²) in [5.74, 6) is -0.226. The molecule has 0 atom stereocenters. The second-order valence-electron chi connectivity index (χ2n) is 3.41. The molecule has 0 heterocycles. The predicted octanol–water partition coefficient (Wildman–Crippen LogP) is 1.48. The van der Waals surface area contributed by atoms with Gasteiger partial charge in [0.25, 0.3) is 0 Å². The lowest BCUT2D eigenvalue weighted by molar-refractivity contribution is -0.151. The van der Waals surface area contributed by atoms with Gasteiger partial charge in [0.2, 0.25) is 12.1 Å². The van der Waals surface area contributed by atoms with Crippen LogP contribution in [0.2, 0.25) is 0 Å². The second kappa shape index (κ2) is 7.60. The van der Waals surface area contributed by atoms with Crippen LogP contribution in [0.25, 0.3) is 0 Å². The lowest BCUT2D eigenvalue weighted by Gasteiger charge is -2.08. The predicted molar refractivity (Wildman–Crippen MR) is 65.2 cm³/mol. The molecule has 0 aliphatic heterocycles. The molecule has 4 nitrogen and oxygen atoms in total. The van der Waals surface area contributed by atoms with Gasteiger partial charge in [-0.3, -0.25) is 4.79 Å². The van der Waals surface area contributed by atoms with E-state index in [4.69, 9.17) is 9.47 Å². The first-order valence-corrected chi connectivity index (χ1v) is 5.31. The van der Waals surface area contributed by atoms with Crippen LogP contribution < -0.4 is 5.32 Å². The molecule has 1 rings (SSSR count). The third-order valence-electron chi connectivity index (χ3n) is 2.17. The van der Waals surface area contributed by atoms with Gasteiger partial charge < -0.3 is 14.8 Å². The maximum Gasteiger partial charge on any atom is 0.221 e. The summed E-state index contributed by atoms with van der Waals surface area (Å²) < 4.78 is 9.65. The minimum Gasteiger partial charge on any atom is -0.387 e. The van der Waals surface area contributed by atoms with Crippen molar-refractivity contribution in [1.29, 1.82) is 0 Å². The van der Waals surface area contributed by atoms with E-state index in [0.29, 0.717) is 6.54 Å². The Morgan fingerprint density at radius 3 is 2.53 bits per heavy atom. The van der Waals surface area contributed by atoms with Gasteiger partial charge in [-0.1, -0.05) is 30.3 Å². The van der Waals surface area contributed by atoms with Crippen molar-refractivity contribution >= 4 is 5.78 Å². The van der Waals surface area contributed by atoms with E-state index in [1.807, 2.05) is 30.3 Å². The van der Waals surface area contributed by atoms with Crippen LogP contribution >= 0.6 is 0 Å². The summed E-state index contributed by atoms with van der Waals surface area (Å²) in [6.45, 7) is 0.676. The molecular weight excluding hydrogens is 218 g/mol. The number of hydrogen-bond acceptors (Lipinski definition) is 4. The highest BCUT2D eigenvalue weighted by Gasteiger charge is 2.12. The molecule has 0 radical (unpaired) electrons. The molecule has 0 saturated heterocycles. The van der Waals surface area contributed by atoms with Crippen molar-refractivity contribution in [1.82, 2.24) is 5.32 Å². The largest absolute Gasteiger partial charge is 0.387 e. The van der Waals surface area contributed by atoms with Crippen LogP contribution in [0.1, 0.15) is 5.56 Å². The SMILES string of the molecule is COC(OC)C(=O)C=CNCc1ccccc1. The van der Waals surface area contributed by atoms with Crippen molar-refractivity contribution in [2.75, 3.05) is 14.2 Å². The zero-order valence-electron chi connectivity index (χ0n) is 10.1. The normalized spacial score (nSPS) is 11.0. The van der Waals surface area contributed by atoms with E-state index in [0.717, 1.165) is 5.56 Å². The number of methoxy groups -OCH3 is 2. The van der Waals surface area contributed by atoms with Crippen LogP contribution in [-0.4, -0.2) is 26.3 Å². The van der Waals surface area contributed by atoms with Crippen LogP contribution in [-0.2, 0) is 20.8 Å². The first kappa shape index (κ1) is 13.4. The highest BCUT2D eigenvalue weighted by Crippen LogP contribution is 1.97. The number of nitrogens with one attached hydrogen (secondary N) is 1. The fraction of sp³-hybridized carbons (Fsp3) is 0.308. The van der Waals surface area contributed by atoms with E-state index in [2.05, 4.69) is 5.32 Å². The molecule has 1 aromatic carbocycles. The number of ether oxygens (including phenoxy) is 2. The quantitative estimate of drug-likeness (QED) is 0.574. The van der Waals surface area contributed by atoms with Gasteiger partial charge in [0.15, 0.2) is 0 Å². The standard InChI is InChI=1S/C13H17NO3/c1-16-13(17-2)12(15)8-9-14-10-11-6-4-3-5-7-11/h3-9,13-14H,10H2,1-2H3. The third kappa shape index (κ3) is 4.80. The molecule has 0 spiro atoms. The summed E-state index contributed by atoms with van der Waals surface area (Å²) in [5.41, 5.74) is 1.15. The molecule has 0 fully saturated rings. The topological polar surface area (TPSA) is 47.6 Å². The lowest BCUT2D eigenvalue weighted by Crippen LogP contribution is -2.23. The number of carbonyl (C=O) groups excluding carboxylic acids is 1. The number of ketones is 1. The zero-order valence-corrected chi connectivity index (χ0v) is 10.1. The smallest absolute Gasteiger partial charge is 0.221 e. The monoisotopic (exact) mass is 235 g/mol. The fourth-order valence-electron chi connectivity index (χ4n) is 1.32. The molecule has 0 aliphatic carbocycles. The Hall–Kier alpha value is -1.65. The molecular formula is C13H17NO3. The van der Waals surface area contributed by atoms with E-state index in [9.17, 15) is 4.79 Å². The molecule has 1 aromatic rings. The minimum absolute atomic E-state index is 0.226. The first-order chi connectivity index (χ1) is 8.27. The molecule has 0 unspecified atom stereocenters. The Bertz CT molecular complexity index is 358. The second-order valence-corrected chi connectivity index (χ2v) is 3.41. The Morgan fingerprint density at radius 1 is 1.29 bits per heavy atom. The van der Waals surface area contributed by atoms with Crippen molar-refractivity contribution in [3.63, 3.8) is 0 Å².